The monoisotopic (exact) mass is 350 g/mol. The highest BCUT2D eigenvalue weighted by Gasteiger charge is 2.24. The highest BCUT2D eigenvalue weighted by Crippen LogP contribution is 2.31. The van der Waals surface area contributed by atoms with Crippen LogP contribution in [0.1, 0.15) is 18.1 Å². The Morgan fingerprint density at radius 1 is 1.10 bits per heavy atom. The van der Waals surface area contributed by atoms with Crippen molar-refractivity contribution in [3.8, 4) is 11.5 Å². The molecule has 0 bridgehead atoms. The molecule has 1 N–H and O–H groups in total. The topological polar surface area (TPSA) is 38.7 Å². The number of ether oxygens (including phenoxy) is 2. The van der Waals surface area contributed by atoms with E-state index >= 15 is 0 Å². The lowest BCUT2D eigenvalue weighted by Gasteiger charge is -2.24. The van der Waals surface area contributed by atoms with Crippen LogP contribution >= 0.6 is 15.9 Å². The molecule has 0 aliphatic heterocycles. The normalized spacial score (nSPS) is 13.6. The van der Waals surface area contributed by atoms with Gasteiger partial charge in [-0.25, -0.2) is 0 Å². The van der Waals surface area contributed by atoms with Gasteiger partial charge in [0.25, 0.3) is 0 Å². The summed E-state index contributed by atoms with van der Waals surface area (Å²) in [7, 11) is 3.25. The van der Waals surface area contributed by atoms with E-state index in [1.165, 1.54) is 0 Å². The molecule has 2 rings (SSSR count). The molecule has 2 aromatic rings. The van der Waals surface area contributed by atoms with Crippen molar-refractivity contribution in [2.45, 2.75) is 18.9 Å². The predicted molar refractivity (Wildman–Crippen MR) is 87.0 cm³/mol. The minimum Gasteiger partial charge on any atom is -0.497 e. The molecule has 2 aromatic carbocycles. The van der Waals surface area contributed by atoms with E-state index < -0.39 is 5.60 Å². The Morgan fingerprint density at radius 3 is 2.48 bits per heavy atom. The van der Waals surface area contributed by atoms with E-state index in [2.05, 4.69) is 15.9 Å². The van der Waals surface area contributed by atoms with Crippen molar-refractivity contribution in [3.63, 3.8) is 0 Å². The predicted octanol–water partition coefficient (Wildman–Crippen LogP) is 3.92. The number of hydrogen-bond acceptors (Lipinski definition) is 3. The Hall–Kier alpha value is -1.52. The number of methoxy groups -OCH3 is 2. The van der Waals surface area contributed by atoms with Gasteiger partial charge in [-0.3, -0.25) is 0 Å². The largest absolute Gasteiger partial charge is 0.497 e. The van der Waals surface area contributed by atoms with Crippen LogP contribution in [0.5, 0.6) is 11.5 Å². The lowest BCUT2D eigenvalue weighted by Crippen LogP contribution is -2.24. The summed E-state index contributed by atoms with van der Waals surface area (Å²) >= 11 is 3.47. The summed E-state index contributed by atoms with van der Waals surface area (Å²) in [6, 6.07) is 13.3. The molecular weight excluding hydrogens is 332 g/mol. The quantitative estimate of drug-likeness (QED) is 0.888. The van der Waals surface area contributed by atoms with Crippen LogP contribution in [0.2, 0.25) is 0 Å². The second-order valence-electron chi connectivity index (χ2n) is 5.15. The summed E-state index contributed by atoms with van der Waals surface area (Å²) < 4.78 is 11.3. The Morgan fingerprint density at radius 2 is 1.86 bits per heavy atom. The van der Waals surface area contributed by atoms with Crippen LogP contribution in [-0.4, -0.2) is 19.3 Å². The molecule has 3 nitrogen and oxygen atoms in total. The number of benzene rings is 2. The molecule has 21 heavy (non-hydrogen) atoms. The van der Waals surface area contributed by atoms with E-state index in [1.54, 1.807) is 21.1 Å². The molecule has 0 spiro atoms. The second kappa shape index (κ2) is 6.50. The molecule has 1 atom stereocenters. The van der Waals surface area contributed by atoms with Crippen molar-refractivity contribution < 1.29 is 14.6 Å². The minimum absolute atomic E-state index is 0.503. The zero-order valence-corrected chi connectivity index (χ0v) is 14.0. The number of halogens is 1. The summed E-state index contributed by atoms with van der Waals surface area (Å²) in [6.45, 7) is 1.81. The highest BCUT2D eigenvalue weighted by molar-refractivity contribution is 9.10. The summed E-state index contributed by atoms with van der Waals surface area (Å²) in [5, 5.41) is 10.8. The van der Waals surface area contributed by atoms with Crippen molar-refractivity contribution in [1.29, 1.82) is 0 Å². The van der Waals surface area contributed by atoms with Gasteiger partial charge in [-0.1, -0.05) is 18.2 Å². The number of hydrogen-bond donors (Lipinski definition) is 1. The third-order valence-electron chi connectivity index (χ3n) is 3.46. The van der Waals surface area contributed by atoms with Gasteiger partial charge in [0.15, 0.2) is 0 Å². The molecule has 0 heterocycles. The molecule has 4 heteroatoms. The van der Waals surface area contributed by atoms with Gasteiger partial charge in [0, 0.05) is 6.42 Å². The van der Waals surface area contributed by atoms with E-state index in [1.807, 2.05) is 42.5 Å². The fourth-order valence-electron chi connectivity index (χ4n) is 2.28. The molecule has 0 amide bonds. The molecule has 0 aromatic heterocycles. The zero-order valence-electron chi connectivity index (χ0n) is 12.4. The lowest BCUT2D eigenvalue weighted by atomic mass is 9.89. The van der Waals surface area contributed by atoms with E-state index in [9.17, 15) is 5.11 Å². The first-order chi connectivity index (χ1) is 9.96. The van der Waals surface area contributed by atoms with Crippen LogP contribution in [0.4, 0.5) is 0 Å². The van der Waals surface area contributed by atoms with Gasteiger partial charge in [0.2, 0.25) is 0 Å². The Bertz CT molecular complexity index is 623. The Balaban J connectivity index is 2.25. The Kier molecular flexibility index (Phi) is 4.91. The Labute approximate surface area is 133 Å². The molecule has 0 aliphatic rings. The summed E-state index contributed by atoms with van der Waals surface area (Å²) in [4.78, 5) is 0. The molecule has 0 aliphatic carbocycles. The van der Waals surface area contributed by atoms with Crippen LogP contribution in [0.15, 0.2) is 46.9 Å². The SMILES string of the molecule is COc1cccc(C(C)(O)Cc2ccc(OC)c(Br)c2)c1. The molecule has 1 unspecified atom stereocenters. The van der Waals surface area contributed by atoms with Crippen molar-refractivity contribution >= 4 is 15.9 Å². The van der Waals surface area contributed by atoms with Crippen molar-refractivity contribution in [2.75, 3.05) is 14.2 Å². The fraction of sp³-hybridized carbons (Fsp3) is 0.294. The minimum atomic E-state index is -0.970. The maximum absolute atomic E-state index is 10.8. The van der Waals surface area contributed by atoms with Crippen LogP contribution in [0.3, 0.4) is 0 Å². The van der Waals surface area contributed by atoms with E-state index in [0.29, 0.717) is 6.42 Å². The van der Waals surface area contributed by atoms with Gasteiger partial charge in [-0.05, 0) is 58.2 Å². The fourth-order valence-corrected chi connectivity index (χ4v) is 2.87. The number of aliphatic hydroxyl groups is 1. The third-order valence-corrected chi connectivity index (χ3v) is 4.08. The van der Waals surface area contributed by atoms with Gasteiger partial charge in [0.05, 0.1) is 24.3 Å². The maximum Gasteiger partial charge on any atom is 0.133 e. The van der Waals surface area contributed by atoms with Gasteiger partial charge in [0.1, 0.15) is 11.5 Å². The molecule has 112 valence electrons. The molecule has 0 fully saturated rings. The van der Waals surface area contributed by atoms with Crippen molar-refractivity contribution in [1.82, 2.24) is 0 Å². The second-order valence-corrected chi connectivity index (χ2v) is 6.01. The first-order valence-corrected chi connectivity index (χ1v) is 7.45. The standard InChI is InChI=1S/C17H19BrO3/c1-17(19,13-5-4-6-14(10-13)20-2)11-12-7-8-16(21-3)15(18)9-12/h4-10,19H,11H2,1-3H3. The zero-order chi connectivity index (χ0) is 15.5. The van der Waals surface area contributed by atoms with Crippen LogP contribution in [-0.2, 0) is 12.0 Å². The van der Waals surface area contributed by atoms with Crippen LogP contribution < -0.4 is 9.47 Å². The first-order valence-electron chi connectivity index (χ1n) is 6.65. The molecule has 0 saturated heterocycles. The summed E-state index contributed by atoms with van der Waals surface area (Å²) in [5.41, 5.74) is 0.882. The van der Waals surface area contributed by atoms with E-state index in [4.69, 9.17) is 9.47 Å². The van der Waals surface area contributed by atoms with Gasteiger partial charge < -0.3 is 14.6 Å². The van der Waals surface area contributed by atoms with Gasteiger partial charge in [-0.15, -0.1) is 0 Å². The van der Waals surface area contributed by atoms with Gasteiger partial charge in [-0.2, -0.15) is 0 Å². The van der Waals surface area contributed by atoms with Crippen LogP contribution in [0.25, 0.3) is 0 Å². The van der Waals surface area contributed by atoms with Crippen LogP contribution in [0, 0.1) is 0 Å². The molecule has 0 saturated carbocycles. The third kappa shape index (κ3) is 3.77. The first kappa shape index (κ1) is 15.9. The highest BCUT2D eigenvalue weighted by atomic mass is 79.9. The average molecular weight is 351 g/mol. The smallest absolute Gasteiger partial charge is 0.133 e. The number of rotatable bonds is 5. The van der Waals surface area contributed by atoms with Crippen molar-refractivity contribution in [3.05, 3.63) is 58.1 Å². The molecule has 0 radical (unpaired) electrons. The average Bonchev–Trinajstić information content (AvgIpc) is 2.47. The van der Waals surface area contributed by atoms with Gasteiger partial charge >= 0.3 is 0 Å². The summed E-state index contributed by atoms with van der Waals surface area (Å²) in [5.74, 6) is 1.52. The lowest BCUT2D eigenvalue weighted by molar-refractivity contribution is 0.0573. The summed E-state index contributed by atoms with van der Waals surface area (Å²) in [6.07, 6.45) is 0.503. The van der Waals surface area contributed by atoms with E-state index in [0.717, 1.165) is 27.1 Å². The van der Waals surface area contributed by atoms with E-state index in [-0.39, 0.29) is 0 Å². The maximum atomic E-state index is 10.8. The van der Waals surface area contributed by atoms with Crippen molar-refractivity contribution in [2.24, 2.45) is 0 Å². The molecular formula is C17H19BrO3.